The molecule has 7 heteroatoms. The number of anilines is 2. The van der Waals surface area contributed by atoms with Gasteiger partial charge in [0.1, 0.15) is 5.75 Å². The normalized spacial score (nSPS) is 13.7. The molecule has 0 bridgehead atoms. The van der Waals surface area contributed by atoms with Crippen molar-refractivity contribution in [2.75, 3.05) is 22.4 Å². The van der Waals surface area contributed by atoms with Gasteiger partial charge in [-0.1, -0.05) is 19.9 Å². The molecule has 0 fully saturated rings. The number of carbonyl (C=O) groups excluding carboxylic acids is 1. The summed E-state index contributed by atoms with van der Waals surface area (Å²) >= 11 is 0. The lowest BCUT2D eigenvalue weighted by Gasteiger charge is -2.17. The molecule has 0 radical (unpaired) electrons. The first-order valence-electron chi connectivity index (χ1n) is 8.37. The second kappa shape index (κ2) is 6.64. The number of fused-ring (bicyclic) bond motifs is 2. The summed E-state index contributed by atoms with van der Waals surface area (Å²) in [5.41, 5.74) is 2.34. The molecule has 26 heavy (non-hydrogen) atoms. The Kier molecular flexibility index (Phi) is 4.66. The number of hydrogen-bond donors (Lipinski definition) is 1. The second-order valence-corrected chi connectivity index (χ2v) is 8.69. The second-order valence-electron chi connectivity index (χ2n) is 6.93. The highest BCUT2D eigenvalue weighted by molar-refractivity contribution is 7.92. The van der Waals surface area contributed by atoms with Gasteiger partial charge in [-0.3, -0.25) is 9.52 Å². The number of rotatable bonds is 4. The van der Waals surface area contributed by atoms with Gasteiger partial charge in [0.15, 0.2) is 5.75 Å². The molecular formula is C19H22N2O4S. The topological polar surface area (TPSA) is 75.7 Å². The van der Waals surface area contributed by atoms with E-state index in [1.54, 1.807) is 19.2 Å². The lowest BCUT2D eigenvalue weighted by atomic mass is 10.1. The van der Waals surface area contributed by atoms with E-state index < -0.39 is 10.0 Å². The van der Waals surface area contributed by atoms with E-state index in [9.17, 15) is 13.2 Å². The number of carbonyl (C=O) groups is 1. The molecule has 0 aliphatic carbocycles. The van der Waals surface area contributed by atoms with Crippen LogP contribution in [0.4, 0.5) is 11.4 Å². The van der Waals surface area contributed by atoms with Crippen molar-refractivity contribution >= 4 is 27.3 Å². The Balaban J connectivity index is 1.98. The van der Waals surface area contributed by atoms with E-state index in [4.69, 9.17) is 4.74 Å². The summed E-state index contributed by atoms with van der Waals surface area (Å²) in [7, 11) is -1.80. The average Bonchev–Trinajstić information content (AvgIpc) is 2.63. The van der Waals surface area contributed by atoms with Crippen molar-refractivity contribution in [3.05, 3.63) is 47.5 Å². The molecule has 6 nitrogen and oxygen atoms in total. The van der Waals surface area contributed by atoms with Crippen LogP contribution < -0.4 is 14.4 Å². The van der Waals surface area contributed by atoms with Crippen LogP contribution in [0.3, 0.4) is 0 Å². The van der Waals surface area contributed by atoms with Gasteiger partial charge in [0.05, 0.1) is 17.0 Å². The van der Waals surface area contributed by atoms with Gasteiger partial charge in [0.25, 0.3) is 5.91 Å². The SMILES string of the molecule is Cc1ccc2c(c1)N(C)C(=O)c1cc(NS(=O)(=O)CC(C)C)ccc1O2. The lowest BCUT2D eigenvalue weighted by Crippen LogP contribution is -2.25. The van der Waals surface area contributed by atoms with Crippen LogP contribution in [0.1, 0.15) is 29.8 Å². The van der Waals surface area contributed by atoms with Crippen molar-refractivity contribution in [1.29, 1.82) is 0 Å². The van der Waals surface area contributed by atoms with E-state index >= 15 is 0 Å². The van der Waals surface area contributed by atoms with Gasteiger partial charge >= 0.3 is 0 Å². The number of benzene rings is 2. The molecule has 0 unspecified atom stereocenters. The first-order chi connectivity index (χ1) is 12.2. The molecule has 0 saturated carbocycles. The summed E-state index contributed by atoms with van der Waals surface area (Å²) in [6.45, 7) is 5.61. The summed E-state index contributed by atoms with van der Waals surface area (Å²) < 4.78 is 32.8. The molecule has 0 spiro atoms. The van der Waals surface area contributed by atoms with Crippen molar-refractivity contribution in [2.45, 2.75) is 20.8 Å². The third kappa shape index (κ3) is 3.67. The maximum atomic E-state index is 12.9. The van der Waals surface area contributed by atoms with Crippen LogP contribution in [0.2, 0.25) is 0 Å². The number of aryl methyl sites for hydroxylation is 1. The van der Waals surface area contributed by atoms with Crippen LogP contribution in [-0.4, -0.2) is 27.1 Å². The maximum Gasteiger partial charge on any atom is 0.261 e. The van der Waals surface area contributed by atoms with Crippen LogP contribution in [0.25, 0.3) is 0 Å². The molecule has 1 heterocycles. The largest absolute Gasteiger partial charge is 0.454 e. The smallest absolute Gasteiger partial charge is 0.261 e. The van der Waals surface area contributed by atoms with E-state index in [0.29, 0.717) is 28.4 Å². The number of amides is 1. The zero-order valence-electron chi connectivity index (χ0n) is 15.2. The van der Waals surface area contributed by atoms with Crippen LogP contribution in [-0.2, 0) is 10.0 Å². The third-order valence-corrected chi connectivity index (χ3v) is 5.69. The van der Waals surface area contributed by atoms with Crippen molar-refractivity contribution in [3.63, 3.8) is 0 Å². The van der Waals surface area contributed by atoms with E-state index in [2.05, 4.69) is 4.72 Å². The molecule has 0 saturated heterocycles. The van der Waals surface area contributed by atoms with Gasteiger partial charge in [-0.15, -0.1) is 0 Å². The molecule has 2 aromatic carbocycles. The Hall–Kier alpha value is -2.54. The lowest BCUT2D eigenvalue weighted by molar-refractivity contribution is 0.0993. The van der Waals surface area contributed by atoms with E-state index in [0.717, 1.165) is 5.56 Å². The van der Waals surface area contributed by atoms with E-state index in [1.807, 2.05) is 39.0 Å². The quantitative estimate of drug-likeness (QED) is 0.884. The highest BCUT2D eigenvalue weighted by Crippen LogP contribution is 2.39. The molecule has 1 amide bonds. The number of nitrogens with zero attached hydrogens (tertiary/aromatic N) is 1. The molecule has 138 valence electrons. The Morgan fingerprint density at radius 3 is 2.50 bits per heavy atom. The molecule has 1 N–H and O–H groups in total. The summed E-state index contributed by atoms with van der Waals surface area (Å²) in [4.78, 5) is 14.4. The monoisotopic (exact) mass is 374 g/mol. The minimum Gasteiger partial charge on any atom is -0.454 e. The fourth-order valence-electron chi connectivity index (χ4n) is 2.89. The van der Waals surface area contributed by atoms with Gasteiger partial charge < -0.3 is 9.64 Å². The van der Waals surface area contributed by atoms with Crippen LogP contribution in [0.5, 0.6) is 11.5 Å². The van der Waals surface area contributed by atoms with Gasteiger partial charge in [0.2, 0.25) is 10.0 Å². The van der Waals surface area contributed by atoms with Crippen molar-refractivity contribution < 1.29 is 17.9 Å². The molecule has 0 atom stereocenters. The minimum absolute atomic E-state index is 0.00200. The zero-order chi connectivity index (χ0) is 19.1. The van der Waals surface area contributed by atoms with Crippen LogP contribution in [0, 0.1) is 12.8 Å². The Morgan fingerprint density at radius 2 is 1.81 bits per heavy atom. The number of ether oxygens (including phenoxy) is 1. The number of nitrogens with one attached hydrogen (secondary N) is 1. The minimum atomic E-state index is -3.48. The number of hydrogen-bond acceptors (Lipinski definition) is 4. The molecular weight excluding hydrogens is 352 g/mol. The van der Waals surface area contributed by atoms with Gasteiger partial charge in [-0.05, 0) is 48.7 Å². The Morgan fingerprint density at radius 1 is 1.12 bits per heavy atom. The van der Waals surface area contributed by atoms with Gasteiger partial charge in [0, 0.05) is 12.7 Å². The van der Waals surface area contributed by atoms with Crippen LogP contribution >= 0.6 is 0 Å². The Bertz CT molecular complexity index is 967. The first kappa shape index (κ1) is 18.3. The molecule has 1 aliphatic heterocycles. The van der Waals surface area contributed by atoms with Crippen molar-refractivity contribution in [2.24, 2.45) is 5.92 Å². The molecule has 0 aromatic heterocycles. The van der Waals surface area contributed by atoms with Gasteiger partial charge in [-0.2, -0.15) is 0 Å². The predicted molar refractivity (Wildman–Crippen MR) is 103 cm³/mol. The fourth-order valence-corrected chi connectivity index (χ4v) is 4.34. The highest BCUT2D eigenvalue weighted by atomic mass is 32.2. The standard InChI is InChI=1S/C19H22N2O4S/c1-12(2)11-26(23,24)20-14-6-8-17-15(10-14)19(22)21(4)16-9-13(3)5-7-18(16)25-17/h5-10,12,20H,11H2,1-4H3. The summed E-state index contributed by atoms with van der Waals surface area (Å²) in [6.07, 6.45) is 0. The van der Waals surface area contributed by atoms with E-state index in [-0.39, 0.29) is 17.6 Å². The van der Waals surface area contributed by atoms with E-state index in [1.165, 1.54) is 11.0 Å². The predicted octanol–water partition coefficient (Wildman–Crippen LogP) is 3.78. The maximum absolute atomic E-state index is 12.9. The van der Waals surface area contributed by atoms with Gasteiger partial charge in [-0.25, -0.2) is 8.42 Å². The Labute approximate surface area is 153 Å². The number of sulfonamides is 1. The highest BCUT2D eigenvalue weighted by Gasteiger charge is 2.26. The zero-order valence-corrected chi connectivity index (χ0v) is 16.1. The third-order valence-electron chi connectivity index (χ3n) is 4.04. The van der Waals surface area contributed by atoms with Crippen molar-refractivity contribution in [3.8, 4) is 11.5 Å². The molecule has 3 rings (SSSR count). The van der Waals surface area contributed by atoms with Crippen molar-refractivity contribution in [1.82, 2.24) is 0 Å². The van der Waals surface area contributed by atoms with Crippen LogP contribution in [0.15, 0.2) is 36.4 Å². The summed E-state index contributed by atoms with van der Waals surface area (Å²) in [6, 6.07) is 10.3. The summed E-state index contributed by atoms with van der Waals surface area (Å²) in [5.74, 6) is 0.741. The first-order valence-corrected chi connectivity index (χ1v) is 10.0. The average molecular weight is 374 g/mol. The fraction of sp³-hybridized carbons (Fsp3) is 0.316. The molecule has 1 aliphatic rings. The molecule has 2 aromatic rings. The summed E-state index contributed by atoms with van der Waals surface area (Å²) in [5, 5.41) is 0.